The van der Waals surface area contributed by atoms with E-state index >= 15 is 0 Å². The van der Waals surface area contributed by atoms with Crippen LogP contribution >= 0.6 is 11.8 Å². The van der Waals surface area contributed by atoms with Crippen molar-refractivity contribution >= 4 is 11.8 Å². The molecule has 3 atom stereocenters. The fourth-order valence-corrected chi connectivity index (χ4v) is 3.87. The van der Waals surface area contributed by atoms with Crippen molar-refractivity contribution in [2.24, 2.45) is 11.7 Å². The van der Waals surface area contributed by atoms with Gasteiger partial charge in [0, 0.05) is 16.7 Å². The fourth-order valence-electron chi connectivity index (χ4n) is 2.79. The van der Waals surface area contributed by atoms with Crippen LogP contribution in [0.3, 0.4) is 0 Å². The summed E-state index contributed by atoms with van der Waals surface area (Å²) in [6, 6.07) is 19.7. The van der Waals surface area contributed by atoms with Crippen LogP contribution in [0.15, 0.2) is 59.5 Å². The molecule has 0 bridgehead atoms. The summed E-state index contributed by atoms with van der Waals surface area (Å²) in [6.45, 7) is 2.14. The van der Waals surface area contributed by atoms with Gasteiger partial charge in [0.05, 0.1) is 0 Å². The second-order valence-corrected chi connectivity index (χ2v) is 6.80. The van der Waals surface area contributed by atoms with Crippen LogP contribution in [0.5, 0.6) is 0 Å². The number of aryl methyl sites for hydroxylation is 1. The molecule has 1 nitrogen and oxygen atoms in total. The van der Waals surface area contributed by atoms with Gasteiger partial charge in [0.15, 0.2) is 0 Å². The van der Waals surface area contributed by atoms with Crippen LogP contribution < -0.4 is 5.73 Å². The number of nitrogens with two attached hydrogens (primary N) is 1. The number of rotatable bonds is 5. The molecule has 0 radical (unpaired) electrons. The summed E-state index contributed by atoms with van der Waals surface area (Å²) in [6.07, 6.45) is 1.25. The van der Waals surface area contributed by atoms with Crippen molar-refractivity contribution in [2.75, 3.05) is 5.75 Å². The van der Waals surface area contributed by atoms with Crippen LogP contribution in [0, 0.1) is 12.8 Å². The Morgan fingerprint density at radius 2 is 1.95 bits per heavy atom. The summed E-state index contributed by atoms with van der Waals surface area (Å²) in [4.78, 5) is 1.33. The third kappa shape index (κ3) is 3.25. The molecular weight excluding hydrogens is 262 g/mol. The molecule has 0 heterocycles. The number of hydrogen-bond donors (Lipinski definition) is 1. The topological polar surface area (TPSA) is 26.0 Å². The van der Waals surface area contributed by atoms with Gasteiger partial charge < -0.3 is 5.73 Å². The van der Waals surface area contributed by atoms with E-state index in [2.05, 4.69) is 61.5 Å². The standard InChI is InChI=1S/C18H21NS/c1-13-6-5-9-15(10-13)20-12-18(19)17-11-16(17)14-7-3-2-4-8-14/h2-10,16-18H,11-12,19H2,1H3. The van der Waals surface area contributed by atoms with Gasteiger partial charge in [-0.2, -0.15) is 0 Å². The first-order valence-electron chi connectivity index (χ1n) is 7.24. The molecule has 2 aromatic carbocycles. The zero-order chi connectivity index (χ0) is 13.9. The maximum absolute atomic E-state index is 6.37. The molecule has 1 aliphatic rings. The minimum absolute atomic E-state index is 0.297. The van der Waals surface area contributed by atoms with Gasteiger partial charge in [-0.3, -0.25) is 0 Å². The summed E-state index contributed by atoms with van der Waals surface area (Å²) >= 11 is 1.88. The molecule has 3 rings (SSSR count). The zero-order valence-electron chi connectivity index (χ0n) is 11.8. The normalized spacial score (nSPS) is 22.5. The molecule has 3 unspecified atom stereocenters. The highest BCUT2D eigenvalue weighted by Gasteiger charge is 2.42. The van der Waals surface area contributed by atoms with E-state index in [4.69, 9.17) is 5.73 Å². The Hall–Kier alpha value is -1.25. The smallest absolute Gasteiger partial charge is 0.0168 e. The lowest BCUT2D eigenvalue weighted by atomic mass is 10.1. The lowest BCUT2D eigenvalue weighted by Crippen LogP contribution is -2.26. The Balaban J connectivity index is 1.53. The maximum Gasteiger partial charge on any atom is 0.0168 e. The Labute approximate surface area is 125 Å². The highest BCUT2D eigenvalue weighted by molar-refractivity contribution is 7.99. The van der Waals surface area contributed by atoms with Crippen molar-refractivity contribution in [3.63, 3.8) is 0 Å². The maximum atomic E-state index is 6.37. The van der Waals surface area contributed by atoms with E-state index in [1.54, 1.807) is 0 Å². The molecule has 0 amide bonds. The van der Waals surface area contributed by atoms with Gasteiger partial charge >= 0.3 is 0 Å². The van der Waals surface area contributed by atoms with E-state index in [1.165, 1.54) is 22.4 Å². The summed E-state index contributed by atoms with van der Waals surface area (Å²) in [5.41, 5.74) is 9.14. The molecule has 0 saturated heterocycles. The van der Waals surface area contributed by atoms with Crippen molar-refractivity contribution in [1.82, 2.24) is 0 Å². The molecule has 20 heavy (non-hydrogen) atoms. The van der Waals surface area contributed by atoms with E-state index < -0.39 is 0 Å². The summed E-state index contributed by atoms with van der Waals surface area (Å²) in [7, 11) is 0. The monoisotopic (exact) mass is 283 g/mol. The lowest BCUT2D eigenvalue weighted by Gasteiger charge is -2.11. The Morgan fingerprint density at radius 3 is 2.70 bits per heavy atom. The quantitative estimate of drug-likeness (QED) is 0.832. The van der Waals surface area contributed by atoms with Gasteiger partial charge in [-0.1, -0.05) is 48.0 Å². The first kappa shape index (κ1) is 13.7. The fraction of sp³-hybridized carbons (Fsp3) is 0.333. The molecular formula is C18H21NS. The SMILES string of the molecule is Cc1cccc(SCC(N)C2CC2c2ccccc2)c1. The van der Waals surface area contributed by atoms with Crippen molar-refractivity contribution < 1.29 is 0 Å². The van der Waals surface area contributed by atoms with Gasteiger partial charge in [-0.05, 0) is 42.9 Å². The minimum atomic E-state index is 0.297. The van der Waals surface area contributed by atoms with Crippen LogP contribution in [0.25, 0.3) is 0 Å². The van der Waals surface area contributed by atoms with Gasteiger partial charge in [-0.25, -0.2) is 0 Å². The highest BCUT2D eigenvalue weighted by Crippen LogP contribution is 2.49. The third-order valence-corrected chi connectivity index (χ3v) is 5.19. The van der Waals surface area contributed by atoms with Crippen molar-refractivity contribution in [3.05, 3.63) is 65.7 Å². The molecule has 1 saturated carbocycles. The number of benzene rings is 2. The molecule has 1 fully saturated rings. The van der Waals surface area contributed by atoms with Crippen molar-refractivity contribution in [2.45, 2.75) is 30.2 Å². The van der Waals surface area contributed by atoms with E-state index in [1.807, 2.05) is 11.8 Å². The Kier molecular flexibility index (Phi) is 4.13. The van der Waals surface area contributed by atoms with Crippen LogP contribution in [0.1, 0.15) is 23.5 Å². The molecule has 1 aliphatic carbocycles. The van der Waals surface area contributed by atoms with Gasteiger partial charge in [-0.15, -0.1) is 11.8 Å². The average molecular weight is 283 g/mol. The van der Waals surface area contributed by atoms with E-state index in [-0.39, 0.29) is 0 Å². The van der Waals surface area contributed by atoms with Crippen LogP contribution in [0.4, 0.5) is 0 Å². The van der Waals surface area contributed by atoms with Crippen molar-refractivity contribution in [1.29, 1.82) is 0 Å². The third-order valence-electron chi connectivity index (χ3n) is 4.05. The Bertz CT molecular complexity index is 567. The second-order valence-electron chi connectivity index (χ2n) is 5.71. The predicted molar refractivity (Wildman–Crippen MR) is 87.2 cm³/mol. The lowest BCUT2D eigenvalue weighted by molar-refractivity contribution is 0.640. The predicted octanol–water partition coefficient (Wildman–Crippen LogP) is 4.22. The zero-order valence-corrected chi connectivity index (χ0v) is 12.6. The molecule has 2 aromatic rings. The summed E-state index contributed by atoms with van der Waals surface area (Å²) in [5.74, 6) is 2.36. The number of hydrogen-bond acceptors (Lipinski definition) is 2. The number of thioether (sulfide) groups is 1. The Morgan fingerprint density at radius 1 is 1.15 bits per heavy atom. The van der Waals surface area contributed by atoms with Crippen LogP contribution in [0.2, 0.25) is 0 Å². The summed E-state index contributed by atoms with van der Waals surface area (Å²) in [5, 5.41) is 0. The molecule has 0 spiro atoms. The van der Waals surface area contributed by atoms with E-state index in [9.17, 15) is 0 Å². The van der Waals surface area contributed by atoms with Crippen LogP contribution in [-0.2, 0) is 0 Å². The van der Waals surface area contributed by atoms with E-state index in [0.717, 1.165) is 5.75 Å². The van der Waals surface area contributed by atoms with Gasteiger partial charge in [0.25, 0.3) is 0 Å². The average Bonchev–Trinajstić information content (AvgIpc) is 3.26. The molecule has 2 N–H and O–H groups in total. The van der Waals surface area contributed by atoms with Crippen molar-refractivity contribution in [3.8, 4) is 0 Å². The largest absolute Gasteiger partial charge is 0.327 e. The minimum Gasteiger partial charge on any atom is -0.327 e. The highest BCUT2D eigenvalue weighted by atomic mass is 32.2. The van der Waals surface area contributed by atoms with E-state index in [0.29, 0.717) is 17.9 Å². The first-order chi connectivity index (χ1) is 9.74. The molecule has 0 aliphatic heterocycles. The second kappa shape index (κ2) is 6.02. The molecule has 2 heteroatoms. The molecule has 104 valence electrons. The van der Waals surface area contributed by atoms with Gasteiger partial charge in [0.2, 0.25) is 0 Å². The first-order valence-corrected chi connectivity index (χ1v) is 8.22. The summed E-state index contributed by atoms with van der Waals surface area (Å²) < 4.78 is 0. The van der Waals surface area contributed by atoms with Gasteiger partial charge in [0.1, 0.15) is 0 Å². The van der Waals surface area contributed by atoms with Crippen LogP contribution in [-0.4, -0.2) is 11.8 Å². The molecule has 0 aromatic heterocycles.